The average Bonchev–Trinajstić information content (AvgIpc) is 2.26. The number of urea groups is 1. The number of hydrogen-bond acceptors (Lipinski definition) is 3. The van der Waals surface area contributed by atoms with Gasteiger partial charge >= 0.3 is 12.0 Å². The Labute approximate surface area is 121 Å². The van der Waals surface area contributed by atoms with Crippen LogP contribution in [0.25, 0.3) is 0 Å². The minimum absolute atomic E-state index is 0.119. The van der Waals surface area contributed by atoms with E-state index in [4.69, 9.17) is 4.74 Å². The molecule has 0 aromatic rings. The van der Waals surface area contributed by atoms with Crippen LogP contribution in [-0.4, -0.2) is 53.8 Å². The molecule has 0 aliphatic rings. The van der Waals surface area contributed by atoms with Crippen molar-refractivity contribution in [3.63, 3.8) is 0 Å². The minimum Gasteiger partial charge on any atom is -0.481 e. The lowest BCUT2D eigenvalue weighted by Crippen LogP contribution is -2.59. The number of hydrogen-bond donors (Lipinski definition) is 2. The zero-order valence-corrected chi connectivity index (χ0v) is 13.6. The quantitative estimate of drug-likeness (QED) is 0.750. The Morgan fingerprint density at radius 1 is 1.25 bits per heavy atom. The van der Waals surface area contributed by atoms with Crippen LogP contribution in [0, 0.1) is 5.41 Å². The number of amides is 2. The van der Waals surface area contributed by atoms with Gasteiger partial charge in [0, 0.05) is 13.6 Å². The normalized spacial score (nSPS) is 12.4. The summed E-state index contributed by atoms with van der Waals surface area (Å²) < 4.78 is 5.38. The van der Waals surface area contributed by atoms with E-state index in [2.05, 4.69) is 5.32 Å². The van der Waals surface area contributed by atoms with Crippen LogP contribution in [0.4, 0.5) is 4.79 Å². The first-order valence-corrected chi connectivity index (χ1v) is 6.80. The largest absolute Gasteiger partial charge is 0.481 e. The maximum Gasteiger partial charge on any atom is 0.317 e. The van der Waals surface area contributed by atoms with E-state index in [-0.39, 0.29) is 12.1 Å². The molecule has 0 saturated carbocycles. The summed E-state index contributed by atoms with van der Waals surface area (Å²) in [5.41, 5.74) is -1.94. The van der Waals surface area contributed by atoms with E-state index in [9.17, 15) is 14.7 Å². The molecular formula is C14H28N2O4. The predicted octanol–water partition coefficient (Wildman–Crippen LogP) is 1.94. The number of aliphatic carboxylic acids is 1. The molecule has 0 spiro atoms. The zero-order valence-electron chi connectivity index (χ0n) is 13.6. The highest BCUT2D eigenvalue weighted by Gasteiger charge is 2.44. The lowest BCUT2D eigenvalue weighted by atomic mass is 9.74. The molecule has 0 atom stereocenters. The van der Waals surface area contributed by atoms with Gasteiger partial charge in [-0.3, -0.25) is 4.79 Å². The van der Waals surface area contributed by atoms with Gasteiger partial charge in [0.1, 0.15) is 0 Å². The second-order valence-corrected chi connectivity index (χ2v) is 6.33. The molecular weight excluding hydrogens is 260 g/mol. The van der Waals surface area contributed by atoms with Crippen LogP contribution < -0.4 is 5.32 Å². The Bertz CT molecular complexity index is 351. The second-order valence-electron chi connectivity index (χ2n) is 6.33. The number of likely N-dealkylation sites (N-methyl/N-ethyl adjacent to an activating group) is 1. The van der Waals surface area contributed by atoms with Crippen molar-refractivity contribution < 1.29 is 19.4 Å². The molecule has 2 amide bonds. The third kappa shape index (κ3) is 5.00. The monoisotopic (exact) mass is 288 g/mol. The topological polar surface area (TPSA) is 78.9 Å². The smallest absolute Gasteiger partial charge is 0.317 e. The maximum atomic E-state index is 12.1. The van der Waals surface area contributed by atoms with Crippen molar-refractivity contribution >= 4 is 12.0 Å². The molecule has 6 nitrogen and oxygen atoms in total. The fraction of sp³-hybridized carbons (Fsp3) is 0.857. The van der Waals surface area contributed by atoms with E-state index >= 15 is 0 Å². The first kappa shape index (κ1) is 18.7. The van der Waals surface area contributed by atoms with E-state index < -0.39 is 16.9 Å². The van der Waals surface area contributed by atoms with Gasteiger partial charge in [-0.15, -0.1) is 0 Å². The number of carbonyl (C=O) groups excluding carboxylic acids is 1. The van der Waals surface area contributed by atoms with Crippen LogP contribution in [-0.2, 0) is 9.53 Å². The van der Waals surface area contributed by atoms with Crippen molar-refractivity contribution in [2.75, 3.05) is 20.2 Å². The number of carboxylic acids is 1. The van der Waals surface area contributed by atoms with Gasteiger partial charge in [0.2, 0.25) is 0 Å². The number of nitrogens with one attached hydrogen (secondary N) is 1. The molecule has 0 aliphatic heterocycles. The molecule has 2 N–H and O–H groups in total. The molecule has 0 bridgehead atoms. The van der Waals surface area contributed by atoms with Crippen molar-refractivity contribution in [3.8, 4) is 0 Å². The van der Waals surface area contributed by atoms with Gasteiger partial charge in [0.05, 0.1) is 23.7 Å². The molecule has 0 aromatic carbocycles. The van der Waals surface area contributed by atoms with Crippen molar-refractivity contribution in [1.29, 1.82) is 0 Å². The van der Waals surface area contributed by atoms with E-state index in [0.717, 1.165) is 0 Å². The third-order valence-electron chi connectivity index (χ3n) is 3.74. The van der Waals surface area contributed by atoms with Crippen molar-refractivity contribution in [2.45, 2.75) is 53.2 Å². The Hall–Kier alpha value is -1.30. The molecule has 0 heterocycles. The molecule has 118 valence electrons. The van der Waals surface area contributed by atoms with Gasteiger partial charge < -0.3 is 20.1 Å². The summed E-state index contributed by atoms with van der Waals surface area (Å²) in [5, 5.41) is 12.0. The lowest BCUT2D eigenvalue weighted by Gasteiger charge is -2.39. The molecule has 6 heteroatoms. The summed E-state index contributed by atoms with van der Waals surface area (Å²) in [6.45, 7) is 11.4. The summed E-state index contributed by atoms with van der Waals surface area (Å²) in [6.07, 6.45) is 0.119. The number of rotatable bonds is 7. The standard InChI is InChI=1S/C14H28N2O4/c1-10(2)20-9-8-16(7)12(19)15-14(5,6)13(3,4)11(17)18/h10H,8-9H2,1-7H3,(H,15,19)(H,17,18). The van der Waals surface area contributed by atoms with Crippen LogP contribution in [0.3, 0.4) is 0 Å². The van der Waals surface area contributed by atoms with Crippen molar-refractivity contribution in [2.24, 2.45) is 5.41 Å². The summed E-state index contributed by atoms with van der Waals surface area (Å²) >= 11 is 0. The zero-order chi connectivity index (χ0) is 16.1. The number of carbonyl (C=O) groups is 2. The van der Waals surface area contributed by atoms with E-state index in [1.807, 2.05) is 13.8 Å². The third-order valence-corrected chi connectivity index (χ3v) is 3.74. The molecule has 0 aliphatic carbocycles. The van der Waals surface area contributed by atoms with Gasteiger partial charge in [-0.2, -0.15) is 0 Å². The van der Waals surface area contributed by atoms with Gasteiger partial charge in [-0.1, -0.05) is 0 Å². The van der Waals surface area contributed by atoms with E-state index in [1.165, 1.54) is 4.90 Å². The Kier molecular flexibility index (Phi) is 6.47. The first-order chi connectivity index (χ1) is 8.91. The van der Waals surface area contributed by atoms with Gasteiger partial charge in [-0.05, 0) is 41.5 Å². The average molecular weight is 288 g/mol. The van der Waals surface area contributed by atoms with Crippen LogP contribution in [0.2, 0.25) is 0 Å². The number of ether oxygens (including phenoxy) is 1. The summed E-state index contributed by atoms with van der Waals surface area (Å²) in [4.78, 5) is 24.8. The molecule has 0 fully saturated rings. The minimum atomic E-state index is -1.07. The fourth-order valence-electron chi connectivity index (χ4n) is 1.31. The van der Waals surface area contributed by atoms with Gasteiger partial charge in [-0.25, -0.2) is 4.79 Å². The summed E-state index contributed by atoms with van der Waals surface area (Å²) in [5.74, 6) is -0.950. The Morgan fingerprint density at radius 2 is 1.75 bits per heavy atom. The van der Waals surface area contributed by atoms with Crippen LogP contribution in [0.1, 0.15) is 41.5 Å². The molecule has 20 heavy (non-hydrogen) atoms. The number of carboxylic acid groups (broad SMARTS) is 1. The van der Waals surface area contributed by atoms with Crippen molar-refractivity contribution in [1.82, 2.24) is 10.2 Å². The molecule has 0 radical (unpaired) electrons. The Morgan fingerprint density at radius 3 is 2.15 bits per heavy atom. The number of nitrogens with zero attached hydrogens (tertiary/aromatic N) is 1. The van der Waals surface area contributed by atoms with Gasteiger partial charge in [0.15, 0.2) is 0 Å². The summed E-state index contributed by atoms with van der Waals surface area (Å²) in [6, 6.07) is -0.309. The van der Waals surface area contributed by atoms with Crippen molar-refractivity contribution in [3.05, 3.63) is 0 Å². The summed E-state index contributed by atoms with van der Waals surface area (Å²) in [7, 11) is 1.66. The van der Waals surface area contributed by atoms with E-state index in [0.29, 0.717) is 13.2 Å². The highest BCUT2D eigenvalue weighted by Crippen LogP contribution is 2.30. The molecule has 0 aromatic heterocycles. The fourth-order valence-corrected chi connectivity index (χ4v) is 1.31. The second kappa shape index (κ2) is 6.92. The highest BCUT2D eigenvalue weighted by molar-refractivity contribution is 5.79. The highest BCUT2D eigenvalue weighted by atomic mass is 16.5. The van der Waals surface area contributed by atoms with Gasteiger partial charge in [0.25, 0.3) is 0 Å². The lowest BCUT2D eigenvalue weighted by molar-refractivity contribution is -0.150. The van der Waals surface area contributed by atoms with E-state index in [1.54, 1.807) is 34.7 Å². The maximum absolute atomic E-state index is 12.1. The molecule has 0 rings (SSSR count). The molecule has 0 saturated heterocycles. The Balaban J connectivity index is 4.55. The first-order valence-electron chi connectivity index (χ1n) is 6.80. The SMILES string of the molecule is CC(C)OCCN(C)C(=O)NC(C)(C)C(C)(C)C(=O)O. The van der Waals surface area contributed by atoms with Crippen LogP contribution in [0.5, 0.6) is 0 Å². The predicted molar refractivity (Wildman–Crippen MR) is 77.7 cm³/mol. The molecule has 0 unspecified atom stereocenters. The van der Waals surface area contributed by atoms with Crippen LogP contribution >= 0.6 is 0 Å². The van der Waals surface area contributed by atoms with Crippen LogP contribution in [0.15, 0.2) is 0 Å².